The highest BCUT2D eigenvalue weighted by molar-refractivity contribution is 5.93. The predicted octanol–water partition coefficient (Wildman–Crippen LogP) is 5.03. The molecule has 0 bridgehead atoms. The van der Waals surface area contributed by atoms with Crippen LogP contribution in [0.3, 0.4) is 0 Å². The number of fused-ring (bicyclic) bond motifs is 5. The minimum absolute atomic E-state index is 0.0475. The first-order valence-corrected chi connectivity index (χ1v) is 11.4. The van der Waals surface area contributed by atoms with Crippen LogP contribution in [0.2, 0.25) is 0 Å². The number of aryl methyl sites for hydroxylation is 1. The minimum Gasteiger partial charge on any atom is -0.434 e. The maximum absolute atomic E-state index is 12.8. The molecule has 1 aromatic rings. The number of ether oxygens (including phenoxy) is 1. The van der Waals surface area contributed by atoms with Crippen molar-refractivity contribution in [1.29, 1.82) is 0 Å². The summed E-state index contributed by atoms with van der Waals surface area (Å²) < 4.78 is 6.01. The fourth-order valence-corrected chi connectivity index (χ4v) is 7.50. The van der Waals surface area contributed by atoms with Gasteiger partial charge < -0.3 is 10.1 Å². The smallest absolute Gasteiger partial charge is 0.287 e. The quantitative estimate of drug-likeness (QED) is 0.765. The van der Waals surface area contributed by atoms with Gasteiger partial charge in [-0.25, -0.2) is 4.98 Å². The van der Waals surface area contributed by atoms with Gasteiger partial charge in [0, 0.05) is 23.7 Å². The highest BCUT2D eigenvalue weighted by Crippen LogP contribution is 2.64. The van der Waals surface area contributed by atoms with Crippen molar-refractivity contribution in [3.05, 3.63) is 35.7 Å². The average molecular weight is 395 g/mol. The van der Waals surface area contributed by atoms with Crippen molar-refractivity contribution >= 4 is 5.91 Å². The summed E-state index contributed by atoms with van der Waals surface area (Å²) in [7, 11) is 0. The molecule has 0 saturated heterocycles. The molecule has 0 unspecified atom stereocenters. The van der Waals surface area contributed by atoms with Crippen LogP contribution in [0.15, 0.2) is 30.2 Å². The van der Waals surface area contributed by atoms with Gasteiger partial charge in [-0.3, -0.25) is 4.79 Å². The Bertz CT molecular complexity index is 864. The Morgan fingerprint density at radius 1 is 1.21 bits per heavy atom. The maximum atomic E-state index is 12.8. The normalized spacial score (nSPS) is 43.5. The van der Waals surface area contributed by atoms with Crippen molar-refractivity contribution in [3.63, 3.8) is 0 Å². The van der Waals surface area contributed by atoms with E-state index in [0.717, 1.165) is 23.8 Å². The van der Waals surface area contributed by atoms with Gasteiger partial charge in [-0.05, 0) is 85.8 Å². The summed E-state index contributed by atoms with van der Waals surface area (Å²) in [5, 5.41) is 3.32. The molecule has 4 aliphatic rings. The van der Waals surface area contributed by atoms with Gasteiger partial charge >= 0.3 is 0 Å². The minimum atomic E-state index is -0.0945. The van der Waals surface area contributed by atoms with E-state index in [9.17, 15) is 4.79 Å². The van der Waals surface area contributed by atoms with Crippen LogP contribution in [-0.4, -0.2) is 16.9 Å². The second-order valence-electron chi connectivity index (χ2n) is 10.8. The molecule has 7 atom stereocenters. The van der Waals surface area contributed by atoms with Crippen molar-refractivity contribution in [2.45, 2.75) is 72.3 Å². The molecule has 1 N–H and O–H groups in total. The van der Waals surface area contributed by atoms with Gasteiger partial charge in [0.15, 0.2) is 5.76 Å². The van der Waals surface area contributed by atoms with Crippen LogP contribution in [-0.2, 0) is 4.79 Å². The van der Waals surface area contributed by atoms with Gasteiger partial charge in [0.25, 0.3) is 5.91 Å². The number of amides is 1. The third-order valence-corrected chi connectivity index (χ3v) is 9.00. The molecule has 156 valence electrons. The standard InChI is InChI=1S/C25H34N2O2/c1-15-8-11-26-21(12-15)29-19-14-25(4)18-7-10-24(3)9-5-6-17(24)22(18)16(2)13-20(25)27-23(19)28/h8,11-12,14,16-18,20,22H,5-7,9-10,13H2,1-4H3,(H,27,28)/t16-,17-,18-,20+,22-,24-,25+/m0/s1. The summed E-state index contributed by atoms with van der Waals surface area (Å²) in [6, 6.07) is 4.03. The lowest BCUT2D eigenvalue weighted by atomic mass is 9.46. The van der Waals surface area contributed by atoms with Gasteiger partial charge in [0.1, 0.15) is 0 Å². The lowest BCUT2D eigenvalue weighted by molar-refractivity contribution is -0.128. The second-order valence-corrected chi connectivity index (χ2v) is 10.8. The first-order chi connectivity index (χ1) is 13.8. The van der Waals surface area contributed by atoms with Crippen LogP contribution < -0.4 is 10.1 Å². The van der Waals surface area contributed by atoms with E-state index in [0.29, 0.717) is 28.9 Å². The Hall–Kier alpha value is -1.84. The van der Waals surface area contributed by atoms with Gasteiger partial charge in [0.05, 0.1) is 0 Å². The molecular formula is C25H34N2O2. The summed E-state index contributed by atoms with van der Waals surface area (Å²) in [5.74, 6) is 3.69. The Kier molecular flexibility index (Phi) is 4.34. The van der Waals surface area contributed by atoms with Gasteiger partial charge in [0.2, 0.25) is 5.88 Å². The summed E-state index contributed by atoms with van der Waals surface area (Å²) in [5.41, 5.74) is 1.56. The number of rotatable bonds is 2. The summed E-state index contributed by atoms with van der Waals surface area (Å²) in [4.78, 5) is 17.1. The van der Waals surface area contributed by atoms with E-state index < -0.39 is 0 Å². The molecule has 5 rings (SSSR count). The van der Waals surface area contributed by atoms with E-state index in [1.54, 1.807) is 6.20 Å². The highest BCUT2D eigenvalue weighted by Gasteiger charge is 2.60. The lowest BCUT2D eigenvalue weighted by Crippen LogP contribution is -2.62. The molecule has 4 heteroatoms. The number of nitrogens with zero attached hydrogens (tertiary/aromatic N) is 1. The summed E-state index contributed by atoms with van der Waals surface area (Å²) >= 11 is 0. The molecule has 1 amide bonds. The molecule has 1 aromatic heterocycles. The molecule has 0 aromatic carbocycles. The first-order valence-electron chi connectivity index (χ1n) is 11.4. The number of carbonyl (C=O) groups is 1. The topological polar surface area (TPSA) is 51.2 Å². The molecule has 0 radical (unpaired) electrons. The number of nitrogens with one attached hydrogen (secondary N) is 1. The zero-order chi connectivity index (χ0) is 20.4. The molecule has 29 heavy (non-hydrogen) atoms. The summed E-state index contributed by atoms with van der Waals surface area (Å²) in [6.07, 6.45) is 11.7. The van der Waals surface area contributed by atoms with Crippen LogP contribution in [0.25, 0.3) is 0 Å². The van der Waals surface area contributed by atoms with Crippen LogP contribution >= 0.6 is 0 Å². The molecule has 3 saturated carbocycles. The van der Waals surface area contributed by atoms with E-state index in [1.165, 1.54) is 32.1 Å². The van der Waals surface area contributed by atoms with Crippen LogP contribution in [0.5, 0.6) is 5.88 Å². The van der Waals surface area contributed by atoms with Crippen molar-refractivity contribution in [3.8, 4) is 5.88 Å². The summed E-state index contributed by atoms with van der Waals surface area (Å²) in [6.45, 7) is 9.35. The van der Waals surface area contributed by atoms with Gasteiger partial charge in [-0.2, -0.15) is 0 Å². The third-order valence-electron chi connectivity index (χ3n) is 9.00. The molecule has 4 nitrogen and oxygen atoms in total. The highest BCUT2D eigenvalue weighted by atomic mass is 16.5. The SMILES string of the molecule is Cc1ccnc(OC2=C[C@@]3(C)[C@@H](C[C@H](C)[C@H]4[C@@H]5CCC[C@@]5(C)CC[C@@H]43)NC2=O)c1. The maximum Gasteiger partial charge on any atom is 0.287 e. The van der Waals surface area contributed by atoms with Crippen LogP contribution in [0.4, 0.5) is 0 Å². The molecule has 1 aliphatic heterocycles. The molecule has 0 spiro atoms. The second kappa shape index (κ2) is 6.58. The number of carbonyl (C=O) groups excluding carboxylic acids is 1. The van der Waals surface area contributed by atoms with Crippen molar-refractivity contribution in [2.75, 3.05) is 0 Å². The van der Waals surface area contributed by atoms with Gasteiger partial charge in [-0.15, -0.1) is 0 Å². The third kappa shape index (κ3) is 2.93. The molecule has 3 fully saturated rings. The Morgan fingerprint density at radius 2 is 2.03 bits per heavy atom. The lowest BCUT2D eigenvalue weighted by Gasteiger charge is -2.60. The first kappa shape index (κ1) is 19.1. The number of pyridine rings is 1. The monoisotopic (exact) mass is 394 g/mol. The number of aromatic nitrogens is 1. The largest absolute Gasteiger partial charge is 0.434 e. The molecule has 2 heterocycles. The zero-order valence-corrected chi connectivity index (χ0v) is 18.2. The Labute approximate surface area is 174 Å². The van der Waals surface area contributed by atoms with Crippen molar-refractivity contribution < 1.29 is 9.53 Å². The average Bonchev–Trinajstić information content (AvgIpc) is 3.06. The van der Waals surface area contributed by atoms with E-state index in [2.05, 4.69) is 37.1 Å². The Morgan fingerprint density at radius 3 is 2.83 bits per heavy atom. The van der Waals surface area contributed by atoms with Crippen molar-refractivity contribution in [1.82, 2.24) is 10.3 Å². The van der Waals surface area contributed by atoms with Gasteiger partial charge in [-0.1, -0.05) is 27.2 Å². The zero-order valence-electron chi connectivity index (χ0n) is 18.2. The van der Waals surface area contributed by atoms with E-state index >= 15 is 0 Å². The van der Waals surface area contributed by atoms with Crippen LogP contribution in [0.1, 0.15) is 64.9 Å². The van der Waals surface area contributed by atoms with E-state index in [1.807, 2.05) is 19.1 Å². The van der Waals surface area contributed by atoms with E-state index in [4.69, 9.17) is 4.74 Å². The molecular weight excluding hydrogens is 360 g/mol. The predicted molar refractivity (Wildman–Crippen MR) is 113 cm³/mol. The fourth-order valence-electron chi connectivity index (χ4n) is 7.50. The fraction of sp³-hybridized carbons (Fsp3) is 0.680. The Balaban J connectivity index is 1.50. The number of hydrogen-bond acceptors (Lipinski definition) is 3. The van der Waals surface area contributed by atoms with E-state index in [-0.39, 0.29) is 17.4 Å². The molecule has 3 aliphatic carbocycles. The van der Waals surface area contributed by atoms with Crippen LogP contribution in [0, 0.1) is 41.4 Å². The van der Waals surface area contributed by atoms with Crippen molar-refractivity contribution in [2.24, 2.45) is 34.5 Å². The number of hydrogen-bond donors (Lipinski definition) is 1.